The van der Waals surface area contributed by atoms with Gasteiger partial charge in [0.1, 0.15) is 5.75 Å². The van der Waals surface area contributed by atoms with Gasteiger partial charge in [-0.2, -0.15) is 0 Å². The van der Waals surface area contributed by atoms with Crippen LogP contribution in [0.4, 0.5) is 11.4 Å². The molecule has 0 aliphatic carbocycles. The van der Waals surface area contributed by atoms with E-state index in [0.29, 0.717) is 11.4 Å². The van der Waals surface area contributed by atoms with Crippen molar-refractivity contribution >= 4 is 28.2 Å². The first-order valence-corrected chi connectivity index (χ1v) is 7.64. The number of nitrogens with one attached hydrogen (secondary N) is 1. The molecule has 1 heterocycles. The summed E-state index contributed by atoms with van der Waals surface area (Å²) in [6.45, 7) is 0.168. The maximum Gasteiger partial charge on any atom is 0.269 e. The Morgan fingerprint density at radius 2 is 1.88 bits per heavy atom. The smallest absolute Gasteiger partial charge is 0.269 e. The molecule has 1 amide bonds. The summed E-state index contributed by atoms with van der Waals surface area (Å²) in [5.41, 5.74) is 1.38. The lowest BCUT2D eigenvalue weighted by Gasteiger charge is -2.09. The van der Waals surface area contributed by atoms with E-state index in [-0.39, 0.29) is 24.6 Å². The van der Waals surface area contributed by atoms with Crippen LogP contribution in [0.1, 0.15) is 6.42 Å². The number of benzene rings is 2. The maximum atomic E-state index is 12.1. The summed E-state index contributed by atoms with van der Waals surface area (Å²) in [7, 11) is 0. The molecular weight excluding hydrogens is 322 g/mol. The fraction of sp³-hybridized carbons (Fsp3) is 0.111. The molecule has 7 heteroatoms. The first-order valence-electron chi connectivity index (χ1n) is 7.64. The third-order valence-corrected chi connectivity index (χ3v) is 3.55. The fourth-order valence-corrected chi connectivity index (χ4v) is 2.34. The van der Waals surface area contributed by atoms with Gasteiger partial charge in [0.15, 0.2) is 0 Å². The number of ether oxygens (including phenoxy) is 1. The Labute approximate surface area is 143 Å². The predicted molar refractivity (Wildman–Crippen MR) is 93.6 cm³/mol. The minimum absolute atomic E-state index is 0.00597. The standard InChI is InChI=1S/C18H15N3O4/c22-17(10-12-25-15-8-6-14(7-9-15)21(23)24)20-16-5-1-3-13-4-2-11-19-18(13)16/h1-9,11H,10,12H2,(H,20,22). The molecule has 0 aliphatic rings. The van der Waals surface area contributed by atoms with Crippen LogP contribution in [0.25, 0.3) is 10.9 Å². The van der Waals surface area contributed by atoms with Crippen molar-refractivity contribution in [2.75, 3.05) is 11.9 Å². The van der Waals surface area contributed by atoms with E-state index in [2.05, 4.69) is 10.3 Å². The van der Waals surface area contributed by atoms with Crippen LogP contribution in [0.15, 0.2) is 60.8 Å². The van der Waals surface area contributed by atoms with Crippen LogP contribution in [-0.2, 0) is 4.79 Å². The summed E-state index contributed by atoms with van der Waals surface area (Å²) in [4.78, 5) is 26.5. The maximum absolute atomic E-state index is 12.1. The fourth-order valence-electron chi connectivity index (χ4n) is 2.34. The Kier molecular flexibility index (Phi) is 4.84. The highest BCUT2D eigenvalue weighted by Gasteiger charge is 2.08. The van der Waals surface area contributed by atoms with Crippen LogP contribution in [0.3, 0.4) is 0 Å². The number of hydrogen-bond acceptors (Lipinski definition) is 5. The molecule has 1 aromatic heterocycles. The van der Waals surface area contributed by atoms with Gasteiger partial charge in [-0.1, -0.05) is 18.2 Å². The van der Waals surface area contributed by atoms with E-state index < -0.39 is 4.92 Å². The van der Waals surface area contributed by atoms with Crippen molar-refractivity contribution in [1.29, 1.82) is 0 Å². The van der Waals surface area contributed by atoms with Gasteiger partial charge in [-0.15, -0.1) is 0 Å². The van der Waals surface area contributed by atoms with Crippen molar-refractivity contribution in [3.05, 3.63) is 70.9 Å². The van der Waals surface area contributed by atoms with Crippen molar-refractivity contribution in [3.8, 4) is 5.75 Å². The van der Waals surface area contributed by atoms with E-state index in [0.717, 1.165) is 10.9 Å². The van der Waals surface area contributed by atoms with Crippen molar-refractivity contribution < 1.29 is 14.5 Å². The number of pyridine rings is 1. The highest BCUT2D eigenvalue weighted by atomic mass is 16.6. The van der Waals surface area contributed by atoms with Crippen LogP contribution >= 0.6 is 0 Å². The Morgan fingerprint density at radius 3 is 2.64 bits per heavy atom. The monoisotopic (exact) mass is 337 g/mol. The molecule has 0 saturated carbocycles. The minimum Gasteiger partial charge on any atom is -0.493 e. The van der Waals surface area contributed by atoms with Crippen LogP contribution in [0.5, 0.6) is 5.75 Å². The molecule has 25 heavy (non-hydrogen) atoms. The molecule has 1 N–H and O–H groups in total. The number of amides is 1. The Morgan fingerprint density at radius 1 is 1.12 bits per heavy atom. The number of nitrogens with zero attached hydrogens (tertiary/aromatic N) is 2. The number of nitro groups is 1. The number of para-hydroxylation sites is 1. The first-order chi connectivity index (χ1) is 12.1. The number of fused-ring (bicyclic) bond motifs is 1. The first kappa shape index (κ1) is 16.4. The lowest BCUT2D eigenvalue weighted by molar-refractivity contribution is -0.384. The van der Waals surface area contributed by atoms with Gasteiger partial charge in [-0.25, -0.2) is 0 Å². The van der Waals surface area contributed by atoms with Crippen molar-refractivity contribution in [2.45, 2.75) is 6.42 Å². The average molecular weight is 337 g/mol. The van der Waals surface area contributed by atoms with Gasteiger partial charge in [-0.05, 0) is 24.3 Å². The van der Waals surface area contributed by atoms with E-state index in [4.69, 9.17) is 4.74 Å². The van der Waals surface area contributed by atoms with Crippen molar-refractivity contribution in [3.63, 3.8) is 0 Å². The van der Waals surface area contributed by atoms with Crippen LogP contribution in [0, 0.1) is 10.1 Å². The molecule has 0 fully saturated rings. The van der Waals surface area contributed by atoms with Gasteiger partial charge in [0, 0.05) is 23.7 Å². The topological polar surface area (TPSA) is 94.4 Å². The summed E-state index contributed by atoms with van der Waals surface area (Å²) in [5, 5.41) is 14.4. The molecule has 0 atom stereocenters. The molecule has 3 rings (SSSR count). The summed E-state index contributed by atoms with van der Waals surface area (Å²) in [5.74, 6) is 0.283. The summed E-state index contributed by atoms with van der Waals surface area (Å²) < 4.78 is 5.44. The highest BCUT2D eigenvalue weighted by Crippen LogP contribution is 2.21. The zero-order chi connectivity index (χ0) is 17.6. The largest absolute Gasteiger partial charge is 0.493 e. The lowest BCUT2D eigenvalue weighted by atomic mass is 10.2. The number of nitro benzene ring substituents is 1. The third-order valence-electron chi connectivity index (χ3n) is 3.55. The zero-order valence-electron chi connectivity index (χ0n) is 13.2. The van der Waals surface area contributed by atoms with Gasteiger partial charge < -0.3 is 10.1 Å². The van der Waals surface area contributed by atoms with Gasteiger partial charge >= 0.3 is 0 Å². The molecule has 126 valence electrons. The number of carbonyl (C=O) groups excluding carboxylic acids is 1. The van der Waals surface area contributed by atoms with Crippen LogP contribution < -0.4 is 10.1 Å². The second-order valence-corrected chi connectivity index (χ2v) is 5.28. The number of aromatic nitrogens is 1. The van der Waals surface area contributed by atoms with E-state index in [1.807, 2.05) is 24.3 Å². The zero-order valence-corrected chi connectivity index (χ0v) is 13.2. The molecule has 7 nitrogen and oxygen atoms in total. The minimum atomic E-state index is -0.477. The molecule has 2 aromatic carbocycles. The van der Waals surface area contributed by atoms with Crippen LogP contribution in [0.2, 0.25) is 0 Å². The van der Waals surface area contributed by atoms with E-state index in [1.54, 1.807) is 12.3 Å². The molecule has 0 bridgehead atoms. The normalized spacial score (nSPS) is 10.4. The number of rotatable bonds is 6. The third kappa shape index (κ3) is 4.08. The molecule has 0 spiro atoms. The quantitative estimate of drug-likeness (QED) is 0.548. The number of hydrogen-bond donors (Lipinski definition) is 1. The van der Waals surface area contributed by atoms with Gasteiger partial charge in [0.25, 0.3) is 5.69 Å². The van der Waals surface area contributed by atoms with Crippen molar-refractivity contribution in [2.24, 2.45) is 0 Å². The average Bonchev–Trinajstić information content (AvgIpc) is 2.62. The SMILES string of the molecule is O=C(CCOc1ccc([N+](=O)[O-])cc1)Nc1cccc2cccnc12. The highest BCUT2D eigenvalue weighted by molar-refractivity contribution is 6.00. The van der Waals surface area contributed by atoms with Crippen LogP contribution in [-0.4, -0.2) is 22.4 Å². The Hall–Kier alpha value is -3.48. The molecule has 3 aromatic rings. The summed E-state index contributed by atoms with van der Waals surface area (Å²) in [6, 6.07) is 15.1. The van der Waals surface area contributed by atoms with Gasteiger partial charge in [0.2, 0.25) is 5.91 Å². The number of non-ortho nitro benzene ring substituents is 1. The molecular formula is C18H15N3O4. The van der Waals surface area contributed by atoms with Gasteiger partial charge in [0.05, 0.1) is 29.2 Å². The Balaban J connectivity index is 1.55. The van der Waals surface area contributed by atoms with Gasteiger partial charge in [-0.3, -0.25) is 19.9 Å². The Bertz CT molecular complexity index is 904. The predicted octanol–water partition coefficient (Wildman–Crippen LogP) is 3.55. The lowest BCUT2D eigenvalue weighted by Crippen LogP contribution is -2.15. The summed E-state index contributed by atoms with van der Waals surface area (Å²) in [6.07, 6.45) is 1.83. The van der Waals surface area contributed by atoms with Crippen molar-refractivity contribution in [1.82, 2.24) is 4.98 Å². The molecule has 0 unspecified atom stereocenters. The van der Waals surface area contributed by atoms with E-state index in [9.17, 15) is 14.9 Å². The number of carbonyl (C=O) groups is 1. The summed E-state index contributed by atoms with van der Waals surface area (Å²) >= 11 is 0. The second-order valence-electron chi connectivity index (χ2n) is 5.28. The molecule has 0 saturated heterocycles. The molecule has 0 radical (unpaired) electrons. The van der Waals surface area contributed by atoms with E-state index in [1.165, 1.54) is 24.3 Å². The van der Waals surface area contributed by atoms with E-state index >= 15 is 0 Å². The molecule has 0 aliphatic heterocycles. The number of anilines is 1. The second kappa shape index (κ2) is 7.39.